The third kappa shape index (κ3) is 3.68. The van der Waals surface area contributed by atoms with Crippen LogP contribution >= 0.6 is 22.9 Å². The van der Waals surface area contributed by atoms with Gasteiger partial charge in [-0.1, -0.05) is 17.7 Å². The van der Waals surface area contributed by atoms with Gasteiger partial charge in [0, 0.05) is 24.7 Å². The van der Waals surface area contributed by atoms with Gasteiger partial charge in [0.05, 0.1) is 27.0 Å². The quantitative estimate of drug-likeness (QED) is 0.708. The highest BCUT2D eigenvalue weighted by atomic mass is 35.5. The number of carbonyl (C=O) groups is 2. The van der Waals surface area contributed by atoms with Gasteiger partial charge < -0.3 is 10.2 Å². The molecule has 2 aromatic heterocycles. The number of hydrogen-bond donors (Lipinski definition) is 1. The molecule has 5 nitrogen and oxygen atoms in total. The van der Waals surface area contributed by atoms with Crippen molar-refractivity contribution in [2.75, 3.05) is 18.4 Å². The zero-order valence-electron chi connectivity index (χ0n) is 14.5. The standard InChI is InChI=1S/C20H18ClN3O2S/c21-15-7-8-16(14-5-1-9-22-18(14)15)23-19(25)13-4-2-10-24(12-13)20(26)17-6-3-11-27-17/h1,3,5-9,11,13H,2,4,10,12H2,(H,23,25)/t13-/m1/s1. The maximum absolute atomic E-state index is 12.9. The van der Waals surface area contributed by atoms with E-state index in [2.05, 4.69) is 10.3 Å². The molecule has 138 valence electrons. The van der Waals surface area contributed by atoms with E-state index < -0.39 is 0 Å². The summed E-state index contributed by atoms with van der Waals surface area (Å²) >= 11 is 7.63. The number of benzene rings is 1. The Labute approximate surface area is 166 Å². The van der Waals surface area contributed by atoms with Crippen LogP contribution in [0.1, 0.15) is 22.5 Å². The molecule has 2 amide bonds. The van der Waals surface area contributed by atoms with Gasteiger partial charge in [0.15, 0.2) is 0 Å². The number of thiophene rings is 1. The molecule has 3 aromatic rings. The first-order valence-electron chi connectivity index (χ1n) is 8.80. The van der Waals surface area contributed by atoms with Crippen molar-refractivity contribution >= 4 is 51.3 Å². The largest absolute Gasteiger partial charge is 0.337 e. The zero-order chi connectivity index (χ0) is 18.8. The summed E-state index contributed by atoms with van der Waals surface area (Å²) < 4.78 is 0. The minimum absolute atomic E-state index is 0.00337. The van der Waals surface area contributed by atoms with E-state index >= 15 is 0 Å². The van der Waals surface area contributed by atoms with Crippen LogP contribution in [0.3, 0.4) is 0 Å². The summed E-state index contributed by atoms with van der Waals surface area (Å²) in [6.07, 6.45) is 3.26. The maximum Gasteiger partial charge on any atom is 0.263 e. The average molecular weight is 400 g/mol. The molecule has 7 heteroatoms. The number of nitrogens with zero attached hydrogens (tertiary/aromatic N) is 2. The maximum atomic E-state index is 12.9. The van der Waals surface area contributed by atoms with Crippen molar-refractivity contribution in [2.45, 2.75) is 12.8 Å². The molecular formula is C20H18ClN3O2S. The molecule has 1 N–H and O–H groups in total. The van der Waals surface area contributed by atoms with Crippen LogP contribution in [0.2, 0.25) is 5.02 Å². The molecular weight excluding hydrogens is 382 g/mol. The molecule has 27 heavy (non-hydrogen) atoms. The lowest BCUT2D eigenvalue weighted by atomic mass is 9.96. The number of hydrogen-bond acceptors (Lipinski definition) is 4. The van der Waals surface area contributed by atoms with Crippen molar-refractivity contribution in [3.8, 4) is 0 Å². The molecule has 0 radical (unpaired) electrons. The van der Waals surface area contributed by atoms with Gasteiger partial charge >= 0.3 is 0 Å². The summed E-state index contributed by atoms with van der Waals surface area (Å²) in [6.45, 7) is 1.13. The summed E-state index contributed by atoms with van der Waals surface area (Å²) in [4.78, 5) is 32.2. The Balaban J connectivity index is 1.50. The zero-order valence-corrected chi connectivity index (χ0v) is 16.1. The lowest BCUT2D eigenvalue weighted by Gasteiger charge is -2.31. The predicted octanol–water partition coefficient (Wildman–Crippen LogP) is 4.44. The number of aromatic nitrogens is 1. The lowest BCUT2D eigenvalue weighted by Crippen LogP contribution is -2.43. The fourth-order valence-corrected chi connectivity index (χ4v) is 4.32. The van der Waals surface area contributed by atoms with Gasteiger partial charge in [-0.15, -0.1) is 11.3 Å². The van der Waals surface area contributed by atoms with E-state index in [-0.39, 0.29) is 17.7 Å². The Morgan fingerprint density at radius 1 is 1.22 bits per heavy atom. The number of likely N-dealkylation sites (tertiary alicyclic amines) is 1. The van der Waals surface area contributed by atoms with Gasteiger partial charge in [0.25, 0.3) is 5.91 Å². The van der Waals surface area contributed by atoms with E-state index in [1.165, 1.54) is 11.3 Å². The summed E-state index contributed by atoms with van der Waals surface area (Å²) in [5.74, 6) is -0.306. The van der Waals surface area contributed by atoms with E-state index in [0.717, 1.165) is 18.2 Å². The number of carbonyl (C=O) groups excluding carboxylic acids is 2. The number of rotatable bonds is 3. The first-order valence-corrected chi connectivity index (χ1v) is 10.1. The Morgan fingerprint density at radius 2 is 2.11 bits per heavy atom. The summed E-state index contributed by atoms with van der Waals surface area (Å²) in [7, 11) is 0. The SMILES string of the molecule is O=C(Nc1ccc(Cl)c2ncccc12)[C@@H]1CCCN(C(=O)c2cccs2)C1. The molecule has 0 saturated carbocycles. The molecule has 3 heterocycles. The molecule has 0 aliphatic carbocycles. The van der Waals surface area contributed by atoms with E-state index in [1.54, 1.807) is 23.2 Å². The van der Waals surface area contributed by atoms with Crippen LogP contribution in [0.4, 0.5) is 5.69 Å². The van der Waals surface area contributed by atoms with E-state index in [1.807, 2.05) is 29.6 Å². The molecule has 0 bridgehead atoms. The van der Waals surface area contributed by atoms with E-state index in [4.69, 9.17) is 11.6 Å². The summed E-state index contributed by atoms with van der Waals surface area (Å²) in [5, 5.41) is 6.25. The van der Waals surface area contributed by atoms with Crippen molar-refractivity contribution in [3.63, 3.8) is 0 Å². The summed E-state index contributed by atoms with van der Waals surface area (Å²) in [5.41, 5.74) is 1.35. The second kappa shape index (κ2) is 7.66. The highest BCUT2D eigenvalue weighted by Gasteiger charge is 2.29. The molecule has 0 spiro atoms. The van der Waals surface area contributed by atoms with Crippen molar-refractivity contribution in [1.82, 2.24) is 9.88 Å². The van der Waals surface area contributed by atoms with Crippen LogP contribution in [-0.4, -0.2) is 34.8 Å². The van der Waals surface area contributed by atoms with Crippen LogP contribution < -0.4 is 5.32 Å². The number of pyridine rings is 1. The molecule has 4 rings (SSSR count). The second-order valence-corrected chi connectivity index (χ2v) is 7.91. The molecule has 1 fully saturated rings. The predicted molar refractivity (Wildman–Crippen MR) is 108 cm³/mol. The average Bonchev–Trinajstić information content (AvgIpc) is 3.24. The van der Waals surface area contributed by atoms with Gasteiger partial charge in [-0.3, -0.25) is 14.6 Å². The summed E-state index contributed by atoms with van der Waals surface area (Å²) in [6, 6.07) is 10.9. The van der Waals surface area contributed by atoms with E-state index in [9.17, 15) is 9.59 Å². The number of amides is 2. The third-order valence-corrected chi connectivity index (χ3v) is 5.95. The van der Waals surface area contributed by atoms with Crippen LogP contribution in [0.5, 0.6) is 0 Å². The van der Waals surface area contributed by atoms with Crippen LogP contribution in [-0.2, 0) is 4.79 Å². The van der Waals surface area contributed by atoms with Crippen LogP contribution in [0.15, 0.2) is 48.0 Å². The minimum Gasteiger partial charge on any atom is -0.337 e. The highest BCUT2D eigenvalue weighted by molar-refractivity contribution is 7.12. The fraction of sp³-hybridized carbons (Fsp3) is 0.250. The number of halogens is 1. The Bertz CT molecular complexity index is 990. The fourth-order valence-electron chi connectivity index (χ4n) is 3.41. The monoisotopic (exact) mass is 399 g/mol. The van der Waals surface area contributed by atoms with Crippen molar-refractivity contribution in [1.29, 1.82) is 0 Å². The van der Waals surface area contributed by atoms with Gasteiger partial charge in [0.1, 0.15) is 0 Å². The third-order valence-electron chi connectivity index (χ3n) is 4.79. The molecule has 1 aromatic carbocycles. The molecule has 1 saturated heterocycles. The highest BCUT2D eigenvalue weighted by Crippen LogP contribution is 2.29. The van der Waals surface area contributed by atoms with Gasteiger partial charge in [-0.05, 0) is 48.6 Å². The number of piperidine rings is 1. The number of fused-ring (bicyclic) bond motifs is 1. The minimum atomic E-state index is -0.231. The molecule has 0 unspecified atom stereocenters. The van der Waals surface area contributed by atoms with Crippen LogP contribution in [0, 0.1) is 5.92 Å². The first kappa shape index (κ1) is 17.9. The molecule has 1 atom stereocenters. The number of anilines is 1. The van der Waals surface area contributed by atoms with Gasteiger partial charge in [-0.25, -0.2) is 0 Å². The smallest absolute Gasteiger partial charge is 0.263 e. The van der Waals surface area contributed by atoms with Crippen molar-refractivity contribution < 1.29 is 9.59 Å². The molecule has 1 aliphatic heterocycles. The number of nitrogens with one attached hydrogen (secondary N) is 1. The Morgan fingerprint density at radius 3 is 2.93 bits per heavy atom. The lowest BCUT2D eigenvalue weighted by molar-refractivity contribution is -0.121. The normalized spacial score (nSPS) is 17.1. The topological polar surface area (TPSA) is 62.3 Å². The van der Waals surface area contributed by atoms with Crippen molar-refractivity contribution in [2.24, 2.45) is 5.92 Å². The van der Waals surface area contributed by atoms with E-state index in [0.29, 0.717) is 34.2 Å². The van der Waals surface area contributed by atoms with Gasteiger partial charge in [0.2, 0.25) is 5.91 Å². The first-order chi connectivity index (χ1) is 13.1. The van der Waals surface area contributed by atoms with Gasteiger partial charge in [-0.2, -0.15) is 0 Å². The molecule has 1 aliphatic rings. The second-order valence-electron chi connectivity index (χ2n) is 6.55. The van der Waals surface area contributed by atoms with Crippen LogP contribution in [0.25, 0.3) is 10.9 Å². The van der Waals surface area contributed by atoms with Crippen molar-refractivity contribution in [3.05, 3.63) is 57.9 Å². The Kier molecular flexibility index (Phi) is 5.09. The Hall–Kier alpha value is -2.44.